The van der Waals surface area contributed by atoms with Crippen LogP contribution >= 0.6 is 0 Å². The van der Waals surface area contributed by atoms with Gasteiger partial charge in [-0.15, -0.1) is 0 Å². The predicted molar refractivity (Wildman–Crippen MR) is 106 cm³/mol. The first-order chi connectivity index (χ1) is 14.4. The molecule has 1 heterocycles. The van der Waals surface area contributed by atoms with Crippen molar-refractivity contribution in [2.24, 2.45) is 23.2 Å². The van der Waals surface area contributed by atoms with Gasteiger partial charge in [0.2, 0.25) is 0 Å². The molecule has 1 N–H and O–H groups in total. The highest BCUT2D eigenvalue weighted by molar-refractivity contribution is 5.87. The number of alkyl halides is 3. The Morgan fingerprint density at radius 3 is 2.19 bits per heavy atom. The van der Waals surface area contributed by atoms with E-state index < -0.39 is 30.3 Å². The van der Waals surface area contributed by atoms with E-state index in [9.17, 15) is 23.1 Å². The fraction of sp³-hybridized carbons (Fsp3) is 0.870. The van der Waals surface area contributed by atoms with Gasteiger partial charge in [-0.1, -0.05) is 20.4 Å². The Bertz CT molecular complexity index is 731. The molecule has 4 atom stereocenters. The van der Waals surface area contributed by atoms with Gasteiger partial charge in [0.25, 0.3) is 0 Å². The van der Waals surface area contributed by atoms with E-state index in [2.05, 4.69) is 11.3 Å². The molecule has 0 radical (unpaired) electrons. The van der Waals surface area contributed by atoms with Crippen LogP contribution in [0.3, 0.4) is 0 Å². The Morgan fingerprint density at radius 2 is 1.74 bits per heavy atom. The Balaban J connectivity index is 1.61. The van der Waals surface area contributed by atoms with Crippen molar-refractivity contribution in [1.29, 1.82) is 0 Å². The molecule has 4 unspecified atom stereocenters. The second kappa shape index (κ2) is 7.45. The average Bonchev–Trinajstić information content (AvgIpc) is 2.89. The first kappa shape index (κ1) is 23.1. The predicted octanol–water partition coefficient (Wildman–Crippen LogP) is 4.53. The molecule has 1 aliphatic heterocycles. The average molecular weight is 447 g/mol. The number of halogens is 3. The first-order valence-corrected chi connectivity index (χ1v) is 11.4. The molecule has 4 saturated carbocycles. The van der Waals surface area contributed by atoms with Gasteiger partial charge in [-0.25, -0.2) is 4.79 Å². The quantitative estimate of drug-likeness (QED) is 0.460. The maximum Gasteiger partial charge on any atom is 0.386 e. The van der Waals surface area contributed by atoms with E-state index >= 15 is 0 Å². The molecular formula is C23H33F3O5. The standard InChI is InChI=1S/C23H33F3O5/c1-5-21(6-2,31-17-12-29-23(26,28)22(17,24)25)20-9-14-7-15(10-20)18(16(8-14)11-20)30-19(27)13(3)4/h14-18,28H,3,5-12H2,1-2,4H3. The first-order valence-electron chi connectivity index (χ1n) is 11.4. The SMILES string of the molecule is C=C(C)C(=O)OC1C2CC3CC1CC(C(CC)(CC)OC1COC(O)(F)C1(F)F)(C3)C2. The van der Waals surface area contributed by atoms with Crippen LogP contribution in [0.4, 0.5) is 13.2 Å². The fourth-order valence-electron chi connectivity index (χ4n) is 7.21. The molecule has 5 rings (SSSR count). The van der Waals surface area contributed by atoms with Gasteiger partial charge >= 0.3 is 17.9 Å². The zero-order chi connectivity index (χ0) is 22.8. The molecule has 31 heavy (non-hydrogen) atoms. The van der Waals surface area contributed by atoms with E-state index in [0.717, 1.165) is 32.1 Å². The lowest BCUT2D eigenvalue weighted by Gasteiger charge is -2.65. The molecule has 5 fully saturated rings. The highest BCUT2D eigenvalue weighted by atomic mass is 19.3. The molecule has 0 aromatic heterocycles. The van der Waals surface area contributed by atoms with Gasteiger partial charge in [0.15, 0.2) is 6.10 Å². The maximum absolute atomic E-state index is 14.5. The monoisotopic (exact) mass is 446 g/mol. The van der Waals surface area contributed by atoms with E-state index in [0.29, 0.717) is 24.3 Å². The summed E-state index contributed by atoms with van der Waals surface area (Å²) >= 11 is 0. The third-order valence-corrected chi connectivity index (χ3v) is 8.50. The minimum atomic E-state index is -4.15. The molecule has 0 spiro atoms. The van der Waals surface area contributed by atoms with Crippen molar-refractivity contribution < 1.29 is 37.3 Å². The van der Waals surface area contributed by atoms with Gasteiger partial charge in [0.05, 0.1) is 12.2 Å². The van der Waals surface area contributed by atoms with Crippen LogP contribution < -0.4 is 0 Å². The number of hydrogen-bond acceptors (Lipinski definition) is 5. The summed E-state index contributed by atoms with van der Waals surface area (Å²) in [4.78, 5) is 12.2. The summed E-state index contributed by atoms with van der Waals surface area (Å²) in [6.45, 7) is 8.42. The van der Waals surface area contributed by atoms with Crippen molar-refractivity contribution in [3.63, 3.8) is 0 Å². The fourth-order valence-corrected chi connectivity index (χ4v) is 7.21. The topological polar surface area (TPSA) is 65.0 Å². The van der Waals surface area contributed by atoms with Crippen LogP contribution in [0.25, 0.3) is 0 Å². The van der Waals surface area contributed by atoms with Crippen LogP contribution in [-0.2, 0) is 19.0 Å². The number of ether oxygens (including phenoxy) is 3. The van der Waals surface area contributed by atoms with E-state index in [1.807, 2.05) is 13.8 Å². The number of carbonyl (C=O) groups excluding carboxylic acids is 1. The van der Waals surface area contributed by atoms with E-state index in [4.69, 9.17) is 9.47 Å². The van der Waals surface area contributed by atoms with Gasteiger partial charge in [-0.05, 0) is 69.6 Å². The molecule has 176 valence electrons. The van der Waals surface area contributed by atoms with E-state index in [-0.39, 0.29) is 29.3 Å². The summed E-state index contributed by atoms with van der Waals surface area (Å²) in [5, 5.41) is 9.36. The summed E-state index contributed by atoms with van der Waals surface area (Å²) in [5.41, 5.74) is -0.888. The van der Waals surface area contributed by atoms with Gasteiger partial charge in [-0.2, -0.15) is 13.2 Å². The lowest BCUT2D eigenvalue weighted by Crippen LogP contribution is -2.64. The zero-order valence-corrected chi connectivity index (χ0v) is 18.5. The molecule has 0 aromatic carbocycles. The van der Waals surface area contributed by atoms with Crippen LogP contribution in [0.1, 0.15) is 65.7 Å². The molecular weight excluding hydrogens is 413 g/mol. The molecule has 0 aromatic rings. The highest BCUT2D eigenvalue weighted by Gasteiger charge is 2.70. The normalized spacial score (nSPS) is 43.3. The Kier molecular flexibility index (Phi) is 5.54. The number of esters is 1. The molecule has 8 heteroatoms. The second-order valence-electron chi connectivity index (χ2n) is 10.2. The summed E-state index contributed by atoms with van der Waals surface area (Å²) in [5.74, 6) is -3.81. The smallest absolute Gasteiger partial charge is 0.386 e. The lowest BCUT2D eigenvalue weighted by molar-refractivity contribution is -0.360. The van der Waals surface area contributed by atoms with Crippen LogP contribution in [0.5, 0.6) is 0 Å². The Hall–Kier alpha value is -1.12. The maximum atomic E-state index is 14.5. The van der Waals surface area contributed by atoms with Crippen LogP contribution in [0.2, 0.25) is 0 Å². The van der Waals surface area contributed by atoms with Gasteiger partial charge in [0.1, 0.15) is 6.10 Å². The number of aliphatic hydroxyl groups is 1. The highest BCUT2D eigenvalue weighted by Crippen LogP contribution is 2.67. The third kappa shape index (κ3) is 3.35. The van der Waals surface area contributed by atoms with Gasteiger partial charge in [0, 0.05) is 11.0 Å². The van der Waals surface area contributed by atoms with Crippen molar-refractivity contribution in [1.82, 2.24) is 0 Å². The minimum Gasteiger partial charge on any atom is -0.458 e. The van der Waals surface area contributed by atoms with E-state index in [1.165, 1.54) is 0 Å². The molecule has 1 saturated heterocycles. The number of rotatable bonds is 7. The summed E-state index contributed by atoms with van der Waals surface area (Å²) in [6, 6.07) is -4.02. The molecule has 0 amide bonds. The van der Waals surface area contributed by atoms with Crippen molar-refractivity contribution in [2.75, 3.05) is 6.61 Å². The van der Waals surface area contributed by atoms with Crippen LogP contribution in [-0.4, -0.2) is 47.5 Å². The Morgan fingerprint density at radius 1 is 1.16 bits per heavy atom. The van der Waals surface area contributed by atoms with Crippen molar-refractivity contribution in [3.05, 3.63) is 12.2 Å². The molecule has 4 bridgehead atoms. The summed E-state index contributed by atoms with van der Waals surface area (Å²) < 4.78 is 59.1. The van der Waals surface area contributed by atoms with Crippen molar-refractivity contribution in [3.8, 4) is 0 Å². The molecule has 5 nitrogen and oxygen atoms in total. The van der Waals surface area contributed by atoms with Gasteiger partial charge < -0.3 is 19.3 Å². The van der Waals surface area contributed by atoms with E-state index in [1.54, 1.807) is 6.92 Å². The largest absolute Gasteiger partial charge is 0.458 e. The number of hydrogen-bond donors (Lipinski definition) is 1. The van der Waals surface area contributed by atoms with Crippen molar-refractivity contribution >= 4 is 5.97 Å². The lowest BCUT2D eigenvalue weighted by atomic mass is 9.43. The third-order valence-electron chi connectivity index (χ3n) is 8.50. The van der Waals surface area contributed by atoms with Crippen molar-refractivity contribution in [2.45, 2.75) is 95.5 Å². The summed E-state index contributed by atoms with van der Waals surface area (Å²) in [6.07, 6.45) is 3.13. The zero-order valence-electron chi connectivity index (χ0n) is 18.5. The van der Waals surface area contributed by atoms with Crippen LogP contribution in [0.15, 0.2) is 12.2 Å². The Labute approximate surface area is 181 Å². The van der Waals surface area contributed by atoms with Gasteiger partial charge in [-0.3, -0.25) is 0 Å². The minimum absolute atomic E-state index is 0.147. The molecule has 4 aliphatic carbocycles. The molecule has 5 aliphatic rings. The summed E-state index contributed by atoms with van der Waals surface area (Å²) in [7, 11) is 0. The van der Waals surface area contributed by atoms with Crippen LogP contribution in [0, 0.1) is 23.2 Å². The second-order valence-corrected chi connectivity index (χ2v) is 10.2. The number of carbonyl (C=O) groups is 1.